The third-order valence-electron chi connectivity index (χ3n) is 3.57. The number of nitrogens with one attached hydrogen (secondary N) is 1. The molecule has 0 spiro atoms. The molecule has 7 nitrogen and oxygen atoms in total. The van der Waals surface area contributed by atoms with Crippen LogP contribution in [0.15, 0.2) is 29.1 Å². The lowest BCUT2D eigenvalue weighted by molar-refractivity contribution is 0.0794. The fourth-order valence-electron chi connectivity index (χ4n) is 2.36. The quantitative estimate of drug-likeness (QED) is 0.932. The molecule has 7 heteroatoms. The van der Waals surface area contributed by atoms with Gasteiger partial charge < -0.3 is 19.2 Å². The lowest BCUT2D eigenvalue weighted by atomic mass is 10.0. The molecule has 1 fully saturated rings. The Bertz CT molecular complexity index is 650. The van der Waals surface area contributed by atoms with Crippen LogP contribution in [0.4, 0.5) is 5.69 Å². The van der Waals surface area contributed by atoms with Crippen molar-refractivity contribution in [1.29, 1.82) is 0 Å². The highest BCUT2D eigenvalue weighted by molar-refractivity contribution is 6.03. The first-order valence-electron chi connectivity index (χ1n) is 7.10. The molecule has 0 bridgehead atoms. The Kier molecular flexibility index (Phi) is 4.34. The van der Waals surface area contributed by atoms with Crippen molar-refractivity contribution in [2.45, 2.75) is 18.8 Å². The van der Waals surface area contributed by atoms with E-state index in [2.05, 4.69) is 15.3 Å². The van der Waals surface area contributed by atoms with Crippen molar-refractivity contribution < 1.29 is 18.7 Å². The summed E-state index contributed by atoms with van der Waals surface area (Å²) in [5, 5.41) is 2.72. The zero-order valence-corrected chi connectivity index (χ0v) is 12.2. The molecule has 2 aromatic heterocycles. The highest BCUT2D eigenvalue weighted by Crippen LogP contribution is 2.27. The minimum atomic E-state index is -0.353. The van der Waals surface area contributed by atoms with Crippen LogP contribution in [-0.4, -0.2) is 36.2 Å². The maximum Gasteiger partial charge on any atom is 0.277 e. The fraction of sp³-hybridized carbons (Fsp3) is 0.400. The van der Waals surface area contributed by atoms with Gasteiger partial charge in [0.15, 0.2) is 11.6 Å². The molecule has 0 aromatic carbocycles. The minimum absolute atomic E-state index is 0.211. The van der Waals surface area contributed by atoms with Crippen molar-refractivity contribution in [3.63, 3.8) is 0 Å². The van der Waals surface area contributed by atoms with E-state index in [1.807, 2.05) is 0 Å². The van der Waals surface area contributed by atoms with E-state index in [4.69, 9.17) is 13.9 Å². The second-order valence-electron chi connectivity index (χ2n) is 4.99. The van der Waals surface area contributed by atoms with Crippen LogP contribution < -0.4 is 10.1 Å². The van der Waals surface area contributed by atoms with Crippen molar-refractivity contribution >= 4 is 11.6 Å². The van der Waals surface area contributed by atoms with Crippen LogP contribution >= 0.6 is 0 Å². The Morgan fingerprint density at radius 3 is 3.00 bits per heavy atom. The standard InChI is InChI=1S/C15H17N3O4/c1-20-13-2-5-16-8-11(13)17-14(19)12-9-22-15(18-12)10-3-6-21-7-4-10/h2,5,8-10H,3-4,6-7H2,1H3,(H,17,19). The molecule has 1 aliphatic rings. The summed E-state index contributed by atoms with van der Waals surface area (Å²) < 4.78 is 15.9. The molecule has 0 radical (unpaired) electrons. The molecule has 2 aromatic rings. The number of anilines is 1. The monoisotopic (exact) mass is 303 g/mol. The van der Waals surface area contributed by atoms with Crippen molar-refractivity contribution in [3.05, 3.63) is 36.3 Å². The van der Waals surface area contributed by atoms with Crippen LogP contribution in [0.2, 0.25) is 0 Å². The summed E-state index contributed by atoms with van der Waals surface area (Å²) in [6.07, 6.45) is 6.21. The van der Waals surface area contributed by atoms with E-state index in [-0.39, 0.29) is 17.5 Å². The van der Waals surface area contributed by atoms with Gasteiger partial charge in [-0.25, -0.2) is 4.98 Å². The average molecular weight is 303 g/mol. The number of nitrogens with zero attached hydrogens (tertiary/aromatic N) is 2. The molecule has 1 amide bonds. The van der Waals surface area contributed by atoms with Gasteiger partial charge in [0.25, 0.3) is 5.91 Å². The smallest absolute Gasteiger partial charge is 0.277 e. The second-order valence-corrected chi connectivity index (χ2v) is 4.99. The van der Waals surface area contributed by atoms with Crippen LogP contribution in [-0.2, 0) is 4.74 Å². The summed E-state index contributed by atoms with van der Waals surface area (Å²) in [6.45, 7) is 1.39. The van der Waals surface area contributed by atoms with Crippen LogP contribution in [0.3, 0.4) is 0 Å². The number of carbonyl (C=O) groups is 1. The number of hydrogen-bond donors (Lipinski definition) is 1. The number of amides is 1. The second kappa shape index (κ2) is 6.57. The van der Waals surface area contributed by atoms with Crippen molar-refractivity contribution in [2.75, 3.05) is 25.6 Å². The van der Waals surface area contributed by atoms with Gasteiger partial charge in [0.1, 0.15) is 17.7 Å². The lowest BCUT2D eigenvalue weighted by Gasteiger charge is -2.18. The van der Waals surface area contributed by atoms with Gasteiger partial charge in [0.05, 0.1) is 13.3 Å². The van der Waals surface area contributed by atoms with Gasteiger partial charge in [-0.05, 0) is 12.8 Å². The Labute approximate surface area is 127 Å². The largest absolute Gasteiger partial charge is 0.494 e. The minimum Gasteiger partial charge on any atom is -0.494 e. The normalized spacial score (nSPS) is 15.5. The van der Waals surface area contributed by atoms with Crippen molar-refractivity contribution in [1.82, 2.24) is 9.97 Å². The number of hydrogen-bond acceptors (Lipinski definition) is 6. The molecule has 3 heterocycles. The number of ether oxygens (including phenoxy) is 2. The molecule has 1 saturated heterocycles. The zero-order chi connectivity index (χ0) is 15.4. The Balaban J connectivity index is 1.71. The van der Waals surface area contributed by atoms with Gasteiger partial charge in [-0.15, -0.1) is 0 Å². The summed E-state index contributed by atoms with van der Waals surface area (Å²) in [4.78, 5) is 20.5. The zero-order valence-electron chi connectivity index (χ0n) is 12.2. The van der Waals surface area contributed by atoms with Gasteiger partial charge in [0, 0.05) is 31.4 Å². The summed E-state index contributed by atoms with van der Waals surface area (Å²) in [6, 6.07) is 1.67. The Morgan fingerprint density at radius 1 is 1.41 bits per heavy atom. The topological polar surface area (TPSA) is 86.5 Å². The molecule has 1 N–H and O–H groups in total. The number of carbonyl (C=O) groups excluding carboxylic acids is 1. The van der Waals surface area contributed by atoms with Gasteiger partial charge in [-0.1, -0.05) is 0 Å². The van der Waals surface area contributed by atoms with E-state index in [0.717, 1.165) is 12.8 Å². The maximum absolute atomic E-state index is 12.2. The first-order chi connectivity index (χ1) is 10.8. The molecule has 3 rings (SSSR count). The molecular weight excluding hydrogens is 286 g/mol. The molecular formula is C15H17N3O4. The predicted molar refractivity (Wildman–Crippen MR) is 78.0 cm³/mol. The van der Waals surface area contributed by atoms with E-state index in [1.165, 1.54) is 19.6 Å². The average Bonchev–Trinajstić information content (AvgIpc) is 3.06. The first-order valence-corrected chi connectivity index (χ1v) is 7.10. The number of rotatable bonds is 4. The molecule has 0 aliphatic carbocycles. The van der Waals surface area contributed by atoms with Crippen molar-refractivity contribution in [2.24, 2.45) is 0 Å². The van der Waals surface area contributed by atoms with E-state index in [9.17, 15) is 4.79 Å². The van der Waals surface area contributed by atoms with Gasteiger partial charge in [0.2, 0.25) is 0 Å². The summed E-state index contributed by atoms with van der Waals surface area (Å²) in [7, 11) is 1.53. The molecule has 0 saturated carbocycles. The Hall–Kier alpha value is -2.41. The van der Waals surface area contributed by atoms with E-state index < -0.39 is 0 Å². The van der Waals surface area contributed by atoms with E-state index in [1.54, 1.807) is 12.3 Å². The maximum atomic E-state index is 12.2. The highest BCUT2D eigenvalue weighted by Gasteiger charge is 2.22. The number of oxazole rings is 1. The SMILES string of the molecule is COc1ccncc1NC(=O)c1coc(C2CCOCC2)n1. The number of pyridine rings is 1. The molecule has 116 valence electrons. The third-order valence-corrected chi connectivity index (χ3v) is 3.57. The van der Waals surface area contributed by atoms with Crippen LogP contribution in [0.1, 0.15) is 35.1 Å². The summed E-state index contributed by atoms with van der Waals surface area (Å²) in [5.74, 6) is 0.986. The molecule has 1 aliphatic heterocycles. The fourth-order valence-corrected chi connectivity index (χ4v) is 2.36. The molecule has 0 unspecified atom stereocenters. The summed E-state index contributed by atoms with van der Waals surface area (Å²) in [5.41, 5.74) is 0.734. The van der Waals surface area contributed by atoms with E-state index in [0.29, 0.717) is 30.5 Å². The van der Waals surface area contributed by atoms with Crippen LogP contribution in [0.25, 0.3) is 0 Å². The summed E-state index contributed by atoms with van der Waals surface area (Å²) >= 11 is 0. The van der Waals surface area contributed by atoms with Crippen LogP contribution in [0.5, 0.6) is 5.75 Å². The highest BCUT2D eigenvalue weighted by atomic mass is 16.5. The third kappa shape index (κ3) is 3.09. The van der Waals surface area contributed by atoms with Crippen LogP contribution in [0, 0.1) is 0 Å². The van der Waals surface area contributed by atoms with Gasteiger partial charge in [-0.2, -0.15) is 0 Å². The van der Waals surface area contributed by atoms with Gasteiger partial charge >= 0.3 is 0 Å². The van der Waals surface area contributed by atoms with Gasteiger partial charge in [-0.3, -0.25) is 9.78 Å². The first kappa shape index (κ1) is 14.5. The molecule has 22 heavy (non-hydrogen) atoms. The predicted octanol–water partition coefficient (Wildman–Crippen LogP) is 2.22. The van der Waals surface area contributed by atoms with E-state index >= 15 is 0 Å². The van der Waals surface area contributed by atoms with Crippen molar-refractivity contribution in [3.8, 4) is 5.75 Å². The number of aromatic nitrogens is 2. The lowest BCUT2D eigenvalue weighted by Crippen LogP contribution is -2.16. The Morgan fingerprint density at radius 2 is 2.23 bits per heavy atom. The number of methoxy groups -OCH3 is 1. The molecule has 0 atom stereocenters.